The van der Waals surface area contributed by atoms with Gasteiger partial charge in [0.1, 0.15) is 0 Å². The first-order valence-corrected chi connectivity index (χ1v) is 4.75. The van der Waals surface area contributed by atoms with Crippen molar-refractivity contribution in [2.75, 3.05) is 0 Å². The molecule has 0 aliphatic carbocycles. The number of aliphatic carboxylic acids is 1. The molecule has 0 spiro atoms. The molecule has 0 fully saturated rings. The van der Waals surface area contributed by atoms with Gasteiger partial charge in [0.15, 0.2) is 0 Å². The fourth-order valence-electron chi connectivity index (χ4n) is 1.26. The first-order valence-electron chi connectivity index (χ1n) is 4.75. The lowest BCUT2D eigenvalue weighted by molar-refractivity contribution is -0.133. The lowest BCUT2D eigenvalue weighted by atomic mass is 10.0. The minimum absolute atomic E-state index is 0.147. The van der Waals surface area contributed by atoms with Gasteiger partial charge in [-0.25, -0.2) is 4.79 Å². The number of hydrogen-bond donors (Lipinski definition) is 2. The van der Waals surface area contributed by atoms with Gasteiger partial charge in [0.2, 0.25) is 0 Å². The number of carbonyl (C=O) groups is 1. The van der Waals surface area contributed by atoms with Crippen molar-refractivity contribution >= 4 is 5.97 Å². The first-order chi connectivity index (χ1) is 7.11. The Hall–Kier alpha value is -1.61. The third-order valence-electron chi connectivity index (χ3n) is 2.23. The highest BCUT2D eigenvalue weighted by Gasteiger charge is 2.14. The molecule has 1 atom stereocenters. The highest BCUT2D eigenvalue weighted by Crippen LogP contribution is 2.09. The second-order valence-electron chi connectivity index (χ2n) is 3.37. The molecule has 1 unspecified atom stereocenters. The van der Waals surface area contributed by atoms with Crippen LogP contribution < -0.4 is 0 Å². The van der Waals surface area contributed by atoms with Crippen molar-refractivity contribution in [3.8, 4) is 0 Å². The number of aryl methyl sites for hydroxylation is 1. The van der Waals surface area contributed by atoms with Gasteiger partial charge >= 0.3 is 5.97 Å². The van der Waals surface area contributed by atoms with E-state index in [2.05, 4.69) is 6.58 Å². The molecular formula is C12H14O3. The Bertz CT molecular complexity index is 343. The van der Waals surface area contributed by atoms with E-state index in [9.17, 15) is 9.90 Å². The Labute approximate surface area is 88.7 Å². The molecule has 15 heavy (non-hydrogen) atoms. The SMILES string of the molecule is C=C(C(=O)O)C(O)CCc1ccccc1. The number of aliphatic hydroxyl groups is 1. The van der Waals surface area contributed by atoms with Crippen molar-refractivity contribution in [1.29, 1.82) is 0 Å². The van der Waals surface area contributed by atoms with Crippen LogP contribution in [0.1, 0.15) is 12.0 Å². The Morgan fingerprint density at radius 1 is 1.33 bits per heavy atom. The van der Waals surface area contributed by atoms with Crippen molar-refractivity contribution in [2.45, 2.75) is 18.9 Å². The maximum absolute atomic E-state index is 10.5. The summed E-state index contributed by atoms with van der Waals surface area (Å²) in [5.41, 5.74) is 0.931. The molecule has 0 saturated heterocycles. The normalized spacial score (nSPS) is 12.1. The van der Waals surface area contributed by atoms with Crippen LogP contribution in [-0.2, 0) is 11.2 Å². The summed E-state index contributed by atoms with van der Waals surface area (Å²) in [6.45, 7) is 3.32. The molecule has 2 N–H and O–H groups in total. The van der Waals surface area contributed by atoms with Crippen LogP contribution in [0.15, 0.2) is 42.5 Å². The maximum Gasteiger partial charge on any atom is 0.333 e. The molecule has 1 rings (SSSR count). The van der Waals surface area contributed by atoms with Crippen molar-refractivity contribution in [1.82, 2.24) is 0 Å². The molecule has 3 nitrogen and oxygen atoms in total. The van der Waals surface area contributed by atoms with E-state index in [1.807, 2.05) is 30.3 Å². The summed E-state index contributed by atoms with van der Waals surface area (Å²) in [7, 11) is 0. The maximum atomic E-state index is 10.5. The Morgan fingerprint density at radius 2 is 1.93 bits per heavy atom. The largest absolute Gasteiger partial charge is 0.478 e. The van der Waals surface area contributed by atoms with Crippen LogP contribution >= 0.6 is 0 Å². The quantitative estimate of drug-likeness (QED) is 0.720. The van der Waals surface area contributed by atoms with Crippen molar-refractivity contribution in [3.63, 3.8) is 0 Å². The van der Waals surface area contributed by atoms with Crippen LogP contribution in [-0.4, -0.2) is 22.3 Å². The lowest BCUT2D eigenvalue weighted by Gasteiger charge is -2.09. The standard InChI is InChI=1S/C12H14O3/c1-9(12(14)15)11(13)8-7-10-5-3-2-4-6-10/h2-6,11,13H,1,7-8H2,(H,14,15). The Kier molecular flexibility index (Phi) is 4.06. The molecule has 3 heteroatoms. The zero-order chi connectivity index (χ0) is 11.3. The Morgan fingerprint density at radius 3 is 2.47 bits per heavy atom. The lowest BCUT2D eigenvalue weighted by Crippen LogP contribution is -2.17. The molecule has 0 aliphatic heterocycles. The first kappa shape index (κ1) is 11.5. The molecule has 0 heterocycles. The smallest absolute Gasteiger partial charge is 0.333 e. The average molecular weight is 206 g/mol. The van der Waals surface area contributed by atoms with Crippen LogP contribution in [0, 0.1) is 0 Å². The molecule has 0 aromatic heterocycles. The fourth-order valence-corrected chi connectivity index (χ4v) is 1.26. The van der Waals surface area contributed by atoms with Gasteiger partial charge in [-0.2, -0.15) is 0 Å². The van der Waals surface area contributed by atoms with Gasteiger partial charge in [0, 0.05) is 0 Å². The predicted molar refractivity (Wildman–Crippen MR) is 57.5 cm³/mol. The molecule has 0 bridgehead atoms. The van der Waals surface area contributed by atoms with E-state index in [-0.39, 0.29) is 5.57 Å². The zero-order valence-corrected chi connectivity index (χ0v) is 8.39. The average Bonchev–Trinajstić information content (AvgIpc) is 2.26. The number of carboxylic acids is 1. The summed E-state index contributed by atoms with van der Waals surface area (Å²) in [5, 5.41) is 18.1. The summed E-state index contributed by atoms with van der Waals surface area (Å²) in [4.78, 5) is 10.5. The molecule has 0 radical (unpaired) electrons. The van der Waals surface area contributed by atoms with Crippen LogP contribution in [0.2, 0.25) is 0 Å². The summed E-state index contributed by atoms with van der Waals surface area (Å²) >= 11 is 0. The van der Waals surface area contributed by atoms with E-state index in [0.717, 1.165) is 5.56 Å². The van der Waals surface area contributed by atoms with E-state index in [0.29, 0.717) is 12.8 Å². The minimum atomic E-state index is -1.14. The topological polar surface area (TPSA) is 57.5 Å². The molecule has 80 valence electrons. The third-order valence-corrected chi connectivity index (χ3v) is 2.23. The number of hydrogen-bond acceptors (Lipinski definition) is 2. The van der Waals surface area contributed by atoms with Gasteiger partial charge in [-0.3, -0.25) is 0 Å². The highest BCUT2D eigenvalue weighted by molar-refractivity contribution is 5.86. The minimum Gasteiger partial charge on any atom is -0.478 e. The number of benzene rings is 1. The van der Waals surface area contributed by atoms with E-state index < -0.39 is 12.1 Å². The summed E-state index contributed by atoms with van der Waals surface area (Å²) in [6.07, 6.45) is 0.0615. The monoisotopic (exact) mass is 206 g/mol. The molecule has 1 aromatic rings. The van der Waals surface area contributed by atoms with Crippen LogP contribution in [0.5, 0.6) is 0 Å². The van der Waals surface area contributed by atoms with Gasteiger partial charge in [0.05, 0.1) is 11.7 Å². The highest BCUT2D eigenvalue weighted by atomic mass is 16.4. The van der Waals surface area contributed by atoms with E-state index in [1.54, 1.807) is 0 Å². The van der Waals surface area contributed by atoms with Crippen LogP contribution in [0.3, 0.4) is 0 Å². The van der Waals surface area contributed by atoms with Crippen molar-refractivity contribution in [2.24, 2.45) is 0 Å². The van der Waals surface area contributed by atoms with Crippen LogP contribution in [0.4, 0.5) is 0 Å². The van der Waals surface area contributed by atoms with Gasteiger partial charge in [-0.15, -0.1) is 0 Å². The Balaban J connectivity index is 2.44. The molecule has 0 aliphatic rings. The third kappa shape index (κ3) is 3.56. The van der Waals surface area contributed by atoms with E-state index >= 15 is 0 Å². The summed E-state index contributed by atoms with van der Waals surface area (Å²) < 4.78 is 0. The van der Waals surface area contributed by atoms with Crippen molar-refractivity contribution < 1.29 is 15.0 Å². The molecule has 1 aromatic carbocycles. The van der Waals surface area contributed by atoms with Crippen molar-refractivity contribution in [3.05, 3.63) is 48.0 Å². The number of aliphatic hydroxyl groups excluding tert-OH is 1. The van der Waals surface area contributed by atoms with Gasteiger partial charge in [-0.1, -0.05) is 36.9 Å². The van der Waals surface area contributed by atoms with Gasteiger partial charge < -0.3 is 10.2 Å². The predicted octanol–water partition coefficient (Wildman–Crippen LogP) is 1.62. The second kappa shape index (κ2) is 5.32. The number of rotatable bonds is 5. The van der Waals surface area contributed by atoms with E-state index in [4.69, 9.17) is 5.11 Å². The van der Waals surface area contributed by atoms with E-state index in [1.165, 1.54) is 0 Å². The molecular weight excluding hydrogens is 192 g/mol. The summed E-state index contributed by atoms with van der Waals surface area (Å²) in [6, 6.07) is 9.62. The van der Waals surface area contributed by atoms with Gasteiger partial charge in [0.25, 0.3) is 0 Å². The second-order valence-corrected chi connectivity index (χ2v) is 3.37. The molecule has 0 amide bonds. The zero-order valence-electron chi connectivity index (χ0n) is 8.39. The fraction of sp³-hybridized carbons (Fsp3) is 0.250. The van der Waals surface area contributed by atoms with Crippen LogP contribution in [0.25, 0.3) is 0 Å². The van der Waals surface area contributed by atoms with Gasteiger partial charge in [-0.05, 0) is 18.4 Å². The summed E-state index contributed by atoms with van der Waals surface area (Å²) in [5.74, 6) is -1.14. The number of carboxylic acid groups (broad SMARTS) is 1. The molecule has 0 saturated carbocycles.